The first-order chi connectivity index (χ1) is 15.5. The summed E-state index contributed by atoms with van der Waals surface area (Å²) in [6.45, 7) is 0.382. The van der Waals surface area contributed by atoms with Gasteiger partial charge in [0.2, 0.25) is 5.91 Å². The van der Waals surface area contributed by atoms with Crippen molar-refractivity contribution in [1.82, 2.24) is 27.0 Å². The summed E-state index contributed by atoms with van der Waals surface area (Å²) in [5, 5.41) is 14.7. The number of benzene rings is 2. The molecule has 0 radical (unpaired) electrons. The Morgan fingerprint density at radius 3 is 2.34 bits per heavy atom. The van der Waals surface area contributed by atoms with Crippen molar-refractivity contribution in [3.05, 3.63) is 60.2 Å². The molecule has 1 aliphatic heterocycles. The van der Waals surface area contributed by atoms with Crippen LogP contribution in [0.4, 0.5) is 4.79 Å². The van der Waals surface area contributed by atoms with Crippen LogP contribution in [-0.2, 0) is 20.7 Å². The fourth-order valence-corrected chi connectivity index (χ4v) is 3.45. The lowest BCUT2D eigenvalue weighted by Gasteiger charge is -2.24. The Kier molecular flexibility index (Phi) is 8.14. The predicted octanol–water partition coefficient (Wildman–Crippen LogP) is 0.561. The zero-order valence-electron chi connectivity index (χ0n) is 17.6. The van der Waals surface area contributed by atoms with Crippen molar-refractivity contribution in [2.24, 2.45) is 0 Å². The van der Waals surface area contributed by atoms with Crippen molar-refractivity contribution in [2.75, 3.05) is 13.7 Å². The number of ether oxygens (including phenoxy) is 1. The van der Waals surface area contributed by atoms with Crippen LogP contribution >= 0.6 is 0 Å². The normalized spacial score (nSPS) is 17.2. The average molecular weight is 441 g/mol. The van der Waals surface area contributed by atoms with Gasteiger partial charge in [0.15, 0.2) is 0 Å². The number of carboxylic acid groups (broad SMARTS) is 1. The maximum atomic E-state index is 12.6. The second-order valence-electron chi connectivity index (χ2n) is 7.44. The van der Waals surface area contributed by atoms with Crippen LogP contribution in [0.25, 0.3) is 11.1 Å². The van der Waals surface area contributed by atoms with E-state index in [4.69, 9.17) is 0 Å². The lowest BCUT2D eigenvalue weighted by atomic mass is 9.97. The van der Waals surface area contributed by atoms with E-state index in [9.17, 15) is 19.5 Å². The smallest absolute Gasteiger partial charge is 0.407 e. The van der Waals surface area contributed by atoms with Gasteiger partial charge in [0.05, 0.1) is 7.11 Å². The SMILES string of the molecule is COC(=O)N[C@H](C[C@@H](Cc1ccc(-c2ccccc2)cc1)NC(=O)C1CNNN1)C(=O)O. The Labute approximate surface area is 185 Å². The number of rotatable bonds is 9. The van der Waals surface area contributed by atoms with Crippen LogP contribution in [-0.4, -0.2) is 54.9 Å². The van der Waals surface area contributed by atoms with Crippen LogP contribution in [0.3, 0.4) is 0 Å². The van der Waals surface area contributed by atoms with E-state index in [1.807, 2.05) is 54.6 Å². The second-order valence-corrected chi connectivity index (χ2v) is 7.44. The van der Waals surface area contributed by atoms with E-state index in [2.05, 4.69) is 31.8 Å². The molecule has 10 heteroatoms. The number of aliphatic carboxylic acids is 1. The number of carbonyl (C=O) groups is 3. The van der Waals surface area contributed by atoms with Crippen LogP contribution in [0.15, 0.2) is 54.6 Å². The number of methoxy groups -OCH3 is 1. The number of hydrazine groups is 2. The molecule has 6 N–H and O–H groups in total. The van der Waals surface area contributed by atoms with E-state index in [1.165, 1.54) is 0 Å². The summed E-state index contributed by atoms with van der Waals surface area (Å²) in [4.78, 5) is 35.8. The highest BCUT2D eigenvalue weighted by Gasteiger charge is 2.29. The Morgan fingerprint density at radius 2 is 1.75 bits per heavy atom. The average Bonchev–Trinajstić information content (AvgIpc) is 3.34. The Hall–Kier alpha value is -3.47. The van der Waals surface area contributed by atoms with E-state index in [0.717, 1.165) is 23.8 Å². The fraction of sp³-hybridized carbons (Fsp3) is 0.318. The molecule has 0 aliphatic carbocycles. The van der Waals surface area contributed by atoms with Crippen LogP contribution in [0.1, 0.15) is 12.0 Å². The van der Waals surface area contributed by atoms with Gasteiger partial charge in [0, 0.05) is 12.6 Å². The van der Waals surface area contributed by atoms with Crippen molar-refractivity contribution in [1.29, 1.82) is 0 Å². The van der Waals surface area contributed by atoms with E-state index < -0.39 is 30.2 Å². The van der Waals surface area contributed by atoms with Gasteiger partial charge in [0.1, 0.15) is 12.1 Å². The quantitative estimate of drug-likeness (QED) is 0.332. The molecule has 3 rings (SSSR count). The molecule has 32 heavy (non-hydrogen) atoms. The van der Waals surface area contributed by atoms with Crippen LogP contribution in [0.5, 0.6) is 0 Å². The van der Waals surface area contributed by atoms with Gasteiger partial charge in [-0.05, 0) is 29.5 Å². The number of carbonyl (C=O) groups excluding carboxylic acids is 2. The maximum absolute atomic E-state index is 12.6. The van der Waals surface area contributed by atoms with Gasteiger partial charge >= 0.3 is 12.1 Å². The summed E-state index contributed by atoms with van der Waals surface area (Å²) in [5.41, 5.74) is 11.3. The molecule has 0 bridgehead atoms. The minimum atomic E-state index is -1.22. The third-order valence-electron chi connectivity index (χ3n) is 5.14. The van der Waals surface area contributed by atoms with Crippen molar-refractivity contribution < 1.29 is 24.2 Å². The molecule has 1 saturated heterocycles. The zero-order chi connectivity index (χ0) is 22.9. The molecule has 1 aliphatic rings. The van der Waals surface area contributed by atoms with Gasteiger partial charge in [-0.2, -0.15) is 5.53 Å². The fourth-order valence-electron chi connectivity index (χ4n) is 3.45. The molecule has 2 aromatic carbocycles. The summed E-state index contributed by atoms with van der Waals surface area (Å²) in [5.74, 6) is -1.49. The summed E-state index contributed by atoms with van der Waals surface area (Å²) in [7, 11) is 1.16. The highest BCUT2D eigenvalue weighted by molar-refractivity contribution is 5.83. The number of nitrogens with one attached hydrogen (secondary N) is 5. The van der Waals surface area contributed by atoms with Crippen molar-refractivity contribution in [3.63, 3.8) is 0 Å². The molecule has 2 amide bonds. The van der Waals surface area contributed by atoms with E-state index >= 15 is 0 Å². The van der Waals surface area contributed by atoms with Gasteiger partial charge in [-0.15, -0.1) is 0 Å². The molecule has 2 aromatic rings. The van der Waals surface area contributed by atoms with Crippen molar-refractivity contribution in [2.45, 2.75) is 31.0 Å². The molecule has 1 fully saturated rings. The molecule has 0 saturated carbocycles. The van der Waals surface area contributed by atoms with Crippen LogP contribution in [0.2, 0.25) is 0 Å². The summed E-state index contributed by atoms with van der Waals surface area (Å²) >= 11 is 0. The number of carboxylic acids is 1. The predicted molar refractivity (Wildman–Crippen MR) is 117 cm³/mol. The largest absolute Gasteiger partial charge is 0.480 e. The van der Waals surface area contributed by atoms with Crippen LogP contribution < -0.4 is 27.0 Å². The zero-order valence-corrected chi connectivity index (χ0v) is 17.6. The van der Waals surface area contributed by atoms with Gasteiger partial charge in [-0.1, -0.05) is 54.6 Å². The van der Waals surface area contributed by atoms with Gasteiger partial charge < -0.3 is 20.5 Å². The molecule has 0 aromatic heterocycles. The summed E-state index contributed by atoms with van der Waals surface area (Å²) < 4.78 is 4.52. The minimum Gasteiger partial charge on any atom is -0.480 e. The Morgan fingerprint density at radius 1 is 1.06 bits per heavy atom. The highest BCUT2D eigenvalue weighted by atomic mass is 16.5. The number of hydrogen-bond donors (Lipinski definition) is 6. The topological polar surface area (TPSA) is 141 Å². The Bertz CT molecular complexity index is 916. The van der Waals surface area contributed by atoms with E-state index in [-0.39, 0.29) is 12.3 Å². The van der Waals surface area contributed by atoms with Gasteiger partial charge in [-0.3, -0.25) is 4.79 Å². The van der Waals surface area contributed by atoms with Gasteiger partial charge in [0.25, 0.3) is 0 Å². The molecular formula is C22H27N5O5. The molecule has 1 heterocycles. The highest BCUT2D eigenvalue weighted by Crippen LogP contribution is 2.20. The van der Waals surface area contributed by atoms with Gasteiger partial charge in [-0.25, -0.2) is 20.4 Å². The Balaban J connectivity index is 1.74. The van der Waals surface area contributed by atoms with E-state index in [1.54, 1.807) is 0 Å². The third-order valence-corrected chi connectivity index (χ3v) is 5.14. The van der Waals surface area contributed by atoms with Crippen molar-refractivity contribution in [3.8, 4) is 11.1 Å². The van der Waals surface area contributed by atoms with E-state index in [0.29, 0.717) is 13.0 Å². The molecule has 10 nitrogen and oxygen atoms in total. The standard InChI is InChI=1S/C22H27N5O5/c1-32-22(31)25-18(21(29)30)12-17(24-20(28)19-13-23-27-26-19)11-14-7-9-16(10-8-14)15-5-3-2-4-6-15/h2-10,17-19,23,26-27H,11-13H2,1H3,(H,24,28)(H,25,31)(H,29,30)/t17-,18-,19?/m1/s1. The maximum Gasteiger partial charge on any atom is 0.407 e. The lowest BCUT2D eigenvalue weighted by molar-refractivity contribution is -0.140. The second kappa shape index (κ2) is 11.2. The third kappa shape index (κ3) is 6.51. The first-order valence-corrected chi connectivity index (χ1v) is 10.2. The van der Waals surface area contributed by atoms with Crippen molar-refractivity contribution >= 4 is 18.0 Å². The molecule has 1 unspecified atom stereocenters. The lowest BCUT2D eigenvalue weighted by Crippen LogP contribution is -2.51. The molecule has 3 atom stereocenters. The first kappa shape index (κ1) is 23.2. The number of amides is 2. The summed E-state index contributed by atoms with van der Waals surface area (Å²) in [6, 6.07) is 15.5. The van der Waals surface area contributed by atoms with Crippen LogP contribution in [0, 0.1) is 0 Å². The minimum absolute atomic E-state index is 0.00973. The molecule has 0 spiro atoms. The molecular weight excluding hydrogens is 414 g/mol. The number of hydrogen-bond acceptors (Lipinski definition) is 7. The summed E-state index contributed by atoms with van der Waals surface area (Å²) in [6.07, 6.45) is -0.467. The monoisotopic (exact) mass is 441 g/mol. The first-order valence-electron chi connectivity index (χ1n) is 10.2. The number of alkyl carbamates (subject to hydrolysis) is 1. The molecule has 170 valence electrons.